The van der Waals surface area contributed by atoms with Crippen LogP contribution in [0.4, 0.5) is 0 Å². The molecule has 1 heterocycles. The Balaban J connectivity index is 1.99. The van der Waals surface area contributed by atoms with Crippen molar-refractivity contribution in [3.8, 4) is 0 Å². The van der Waals surface area contributed by atoms with Gasteiger partial charge in [0.25, 0.3) is 0 Å². The van der Waals surface area contributed by atoms with Crippen molar-refractivity contribution in [3.05, 3.63) is 29.6 Å². The predicted molar refractivity (Wildman–Crippen MR) is 62.6 cm³/mol. The lowest BCUT2D eigenvalue weighted by molar-refractivity contribution is 0.183. The maximum absolute atomic E-state index is 9.02. The van der Waals surface area contributed by atoms with Gasteiger partial charge in [0.2, 0.25) is 0 Å². The van der Waals surface area contributed by atoms with Crippen LogP contribution >= 0.6 is 0 Å². The van der Waals surface area contributed by atoms with E-state index in [-0.39, 0.29) is 6.61 Å². The van der Waals surface area contributed by atoms with E-state index in [0.29, 0.717) is 12.6 Å². The average molecular weight is 221 g/mol. The first-order chi connectivity index (χ1) is 7.83. The van der Waals surface area contributed by atoms with Gasteiger partial charge in [-0.2, -0.15) is 0 Å². The maximum atomic E-state index is 9.02. The smallest absolute Gasteiger partial charge is 0.0558 e. The predicted octanol–water partition coefficient (Wildman–Crippen LogP) is 0.497. The molecule has 0 amide bonds. The lowest BCUT2D eigenvalue weighted by Crippen LogP contribution is -2.28. The average Bonchev–Trinajstić information content (AvgIpc) is 3.13. The molecule has 4 heteroatoms. The Morgan fingerprint density at radius 3 is 2.94 bits per heavy atom. The van der Waals surface area contributed by atoms with Gasteiger partial charge < -0.3 is 10.8 Å². The van der Waals surface area contributed by atoms with Crippen molar-refractivity contribution in [3.63, 3.8) is 0 Å². The molecule has 0 bridgehead atoms. The molecule has 0 radical (unpaired) electrons. The second-order valence-electron chi connectivity index (χ2n) is 4.28. The molecular formula is C12H19N3O. The van der Waals surface area contributed by atoms with E-state index in [1.807, 2.05) is 18.3 Å². The number of rotatable bonds is 6. The summed E-state index contributed by atoms with van der Waals surface area (Å²) in [6.07, 6.45) is 4.32. The fraction of sp³-hybridized carbons (Fsp3) is 0.583. The second-order valence-corrected chi connectivity index (χ2v) is 4.28. The van der Waals surface area contributed by atoms with Crippen LogP contribution in [0, 0.1) is 0 Å². The van der Waals surface area contributed by atoms with Crippen molar-refractivity contribution < 1.29 is 5.11 Å². The van der Waals surface area contributed by atoms with Crippen LogP contribution in [0.5, 0.6) is 0 Å². The van der Waals surface area contributed by atoms with Gasteiger partial charge in [-0.05, 0) is 30.5 Å². The molecule has 0 spiro atoms. The Labute approximate surface area is 96.1 Å². The quantitative estimate of drug-likeness (QED) is 0.734. The van der Waals surface area contributed by atoms with Gasteiger partial charge in [0.15, 0.2) is 0 Å². The Hall–Kier alpha value is -0.970. The molecule has 1 fully saturated rings. The first kappa shape index (κ1) is 11.5. The lowest BCUT2D eigenvalue weighted by atomic mass is 10.2. The van der Waals surface area contributed by atoms with Crippen LogP contribution in [-0.2, 0) is 13.1 Å². The first-order valence-corrected chi connectivity index (χ1v) is 5.82. The molecule has 0 saturated heterocycles. The number of aromatic nitrogens is 1. The molecule has 1 aliphatic carbocycles. The molecule has 1 aromatic rings. The van der Waals surface area contributed by atoms with Gasteiger partial charge in [0.1, 0.15) is 0 Å². The summed E-state index contributed by atoms with van der Waals surface area (Å²) in [4.78, 5) is 6.51. The van der Waals surface area contributed by atoms with Crippen LogP contribution in [0.25, 0.3) is 0 Å². The number of hydrogen-bond acceptors (Lipinski definition) is 4. The van der Waals surface area contributed by atoms with Crippen LogP contribution < -0.4 is 5.73 Å². The van der Waals surface area contributed by atoms with Crippen molar-refractivity contribution in [1.29, 1.82) is 0 Å². The Morgan fingerprint density at radius 2 is 2.31 bits per heavy atom. The topological polar surface area (TPSA) is 62.4 Å². The van der Waals surface area contributed by atoms with Crippen LogP contribution in [-0.4, -0.2) is 34.2 Å². The molecule has 4 nitrogen and oxygen atoms in total. The molecule has 1 aliphatic rings. The van der Waals surface area contributed by atoms with E-state index in [9.17, 15) is 0 Å². The Morgan fingerprint density at radius 1 is 1.50 bits per heavy atom. The highest BCUT2D eigenvalue weighted by Crippen LogP contribution is 2.27. The van der Waals surface area contributed by atoms with Gasteiger partial charge in [-0.1, -0.05) is 0 Å². The highest BCUT2D eigenvalue weighted by Gasteiger charge is 2.28. The van der Waals surface area contributed by atoms with Gasteiger partial charge in [0.05, 0.1) is 12.3 Å². The molecule has 3 N–H and O–H groups in total. The van der Waals surface area contributed by atoms with Gasteiger partial charge >= 0.3 is 0 Å². The van der Waals surface area contributed by atoms with Gasteiger partial charge in [-0.3, -0.25) is 9.88 Å². The van der Waals surface area contributed by atoms with Gasteiger partial charge in [0, 0.05) is 31.9 Å². The SMILES string of the molecule is NCc1cc(CN(CCO)C2CC2)ccn1. The Kier molecular flexibility index (Phi) is 3.88. The van der Waals surface area contributed by atoms with E-state index in [4.69, 9.17) is 10.8 Å². The summed E-state index contributed by atoms with van der Waals surface area (Å²) in [5.41, 5.74) is 7.72. The van der Waals surface area contributed by atoms with E-state index < -0.39 is 0 Å². The number of aliphatic hydroxyl groups is 1. The molecular weight excluding hydrogens is 202 g/mol. The van der Waals surface area contributed by atoms with Crippen LogP contribution in [0.3, 0.4) is 0 Å². The number of nitrogens with zero attached hydrogens (tertiary/aromatic N) is 2. The fourth-order valence-electron chi connectivity index (χ4n) is 1.93. The molecule has 0 unspecified atom stereocenters. The summed E-state index contributed by atoms with van der Waals surface area (Å²) in [6, 6.07) is 4.74. The summed E-state index contributed by atoms with van der Waals surface area (Å²) < 4.78 is 0. The minimum atomic E-state index is 0.228. The molecule has 0 aromatic carbocycles. The van der Waals surface area contributed by atoms with Gasteiger partial charge in [-0.15, -0.1) is 0 Å². The molecule has 0 aliphatic heterocycles. The maximum Gasteiger partial charge on any atom is 0.0558 e. The number of aliphatic hydroxyl groups excluding tert-OH is 1. The normalized spacial score (nSPS) is 15.7. The molecule has 16 heavy (non-hydrogen) atoms. The van der Waals surface area contributed by atoms with Crippen LogP contribution in [0.2, 0.25) is 0 Å². The molecule has 1 aromatic heterocycles. The molecule has 88 valence electrons. The molecule has 1 saturated carbocycles. The zero-order chi connectivity index (χ0) is 11.4. The summed E-state index contributed by atoms with van der Waals surface area (Å²) in [5, 5.41) is 9.02. The Bertz CT molecular complexity index is 339. The van der Waals surface area contributed by atoms with Crippen molar-refractivity contribution in [2.45, 2.75) is 32.0 Å². The third kappa shape index (κ3) is 3.01. The van der Waals surface area contributed by atoms with Crippen molar-refractivity contribution in [1.82, 2.24) is 9.88 Å². The summed E-state index contributed by atoms with van der Waals surface area (Å²) in [6.45, 7) is 2.36. The highest BCUT2D eigenvalue weighted by atomic mass is 16.3. The van der Waals surface area contributed by atoms with Crippen LogP contribution in [0.15, 0.2) is 18.3 Å². The minimum Gasteiger partial charge on any atom is -0.395 e. The summed E-state index contributed by atoms with van der Waals surface area (Å²) >= 11 is 0. The van der Waals surface area contributed by atoms with Crippen molar-refractivity contribution in [2.75, 3.05) is 13.2 Å². The summed E-state index contributed by atoms with van der Waals surface area (Å²) in [7, 11) is 0. The zero-order valence-electron chi connectivity index (χ0n) is 9.47. The van der Waals surface area contributed by atoms with E-state index in [2.05, 4.69) is 9.88 Å². The third-order valence-corrected chi connectivity index (χ3v) is 2.93. The number of hydrogen-bond donors (Lipinski definition) is 2. The summed E-state index contributed by atoms with van der Waals surface area (Å²) in [5.74, 6) is 0. The van der Waals surface area contributed by atoms with E-state index in [1.165, 1.54) is 18.4 Å². The van der Waals surface area contributed by atoms with E-state index in [0.717, 1.165) is 18.8 Å². The minimum absolute atomic E-state index is 0.228. The second kappa shape index (κ2) is 5.39. The standard InChI is InChI=1S/C12H19N3O/c13-8-11-7-10(3-4-14-11)9-15(5-6-16)12-1-2-12/h3-4,7,12,16H,1-2,5-6,8-9,13H2. The van der Waals surface area contributed by atoms with E-state index >= 15 is 0 Å². The van der Waals surface area contributed by atoms with Crippen LogP contribution in [0.1, 0.15) is 24.1 Å². The first-order valence-electron chi connectivity index (χ1n) is 5.82. The molecule has 0 atom stereocenters. The number of pyridine rings is 1. The zero-order valence-corrected chi connectivity index (χ0v) is 9.47. The highest BCUT2D eigenvalue weighted by molar-refractivity contribution is 5.16. The lowest BCUT2D eigenvalue weighted by Gasteiger charge is -2.20. The van der Waals surface area contributed by atoms with Crippen molar-refractivity contribution >= 4 is 0 Å². The third-order valence-electron chi connectivity index (χ3n) is 2.93. The molecule has 2 rings (SSSR count). The largest absolute Gasteiger partial charge is 0.395 e. The number of nitrogens with two attached hydrogens (primary N) is 1. The van der Waals surface area contributed by atoms with E-state index in [1.54, 1.807) is 0 Å². The van der Waals surface area contributed by atoms with Crippen molar-refractivity contribution in [2.24, 2.45) is 5.73 Å². The monoisotopic (exact) mass is 221 g/mol. The fourth-order valence-corrected chi connectivity index (χ4v) is 1.93. The van der Waals surface area contributed by atoms with Gasteiger partial charge in [-0.25, -0.2) is 0 Å².